The van der Waals surface area contributed by atoms with Gasteiger partial charge < -0.3 is 14.4 Å². The third-order valence-electron chi connectivity index (χ3n) is 5.87. The molecule has 182 valence electrons. The molecule has 1 aliphatic heterocycles. The molecule has 0 atom stereocenters. The van der Waals surface area contributed by atoms with Crippen LogP contribution >= 0.6 is 23.7 Å². The van der Waals surface area contributed by atoms with Crippen molar-refractivity contribution in [2.75, 3.05) is 38.9 Å². The molecule has 1 aromatic heterocycles. The highest BCUT2D eigenvalue weighted by Gasteiger charge is 2.30. The Morgan fingerprint density at radius 3 is 2.14 bits per heavy atom. The molecule has 0 radical (unpaired) electrons. The number of rotatable bonds is 8. The summed E-state index contributed by atoms with van der Waals surface area (Å²) in [4.78, 5) is 23.1. The van der Waals surface area contributed by atoms with Crippen molar-refractivity contribution >= 4 is 45.0 Å². The van der Waals surface area contributed by atoms with E-state index in [2.05, 4.69) is 4.90 Å². The Labute approximate surface area is 215 Å². The van der Waals surface area contributed by atoms with E-state index >= 15 is 0 Å². The third kappa shape index (κ3) is 5.42. The van der Waals surface area contributed by atoms with Gasteiger partial charge in [-0.25, -0.2) is 4.98 Å². The highest BCUT2D eigenvalue weighted by Crippen LogP contribution is 2.40. The Morgan fingerprint density at radius 1 is 0.943 bits per heavy atom. The number of hydrogen-bond acceptors (Lipinski definition) is 6. The summed E-state index contributed by atoms with van der Waals surface area (Å²) >= 11 is 1.51. The summed E-state index contributed by atoms with van der Waals surface area (Å²) in [5.41, 5.74) is 2.75. The van der Waals surface area contributed by atoms with Crippen LogP contribution in [0.3, 0.4) is 0 Å². The van der Waals surface area contributed by atoms with Crippen LogP contribution in [-0.2, 0) is 4.79 Å². The average molecular weight is 510 g/mol. The molecule has 35 heavy (non-hydrogen) atoms. The second-order valence-corrected chi connectivity index (χ2v) is 9.58. The number of thiazole rings is 1. The molecule has 4 aromatic rings. The van der Waals surface area contributed by atoms with Crippen LogP contribution in [0.2, 0.25) is 0 Å². The minimum Gasteiger partial charge on any atom is -0.454 e. The van der Waals surface area contributed by atoms with E-state index in [1.165, 1.54) is 11.3 Å². The zero-order valence-corrected chi connectivity index (χ0v) is 21.3. The van der Waals surface area contributed by atoms with E-state index in [0.29, 0.717) is 17.4 Å². The van der Waals surface area contributed by atoms with Crippen molar-refractivity contribution in [1.29, 1.82) is 0 Å². The maximum Gasteiger partial charge on any atom is 0.240 e. The lowest BCUT2D eigenvalue weighted by atomic mass is 9.90. The maximum absolute atomic E-state index is 14.2. The number of carbonyl (C=O) groups is 1. The molecule has 1 amide bonds. The Kier molecular flexibility index (Phi) is 7.90. The lowest BCUT2D eigenvalue weighted by Crippen LogP contribution is -2.37. The Morgan fingerprint density at radius 2 is 1.54 bits per heavy atom. The van der Waals surface area contributed by atoms with Crippen LogP contribution < -0.4 is 14.4 Å². The monoisotopic (exact) mass is 509 g/mol. The van der Waals surface area contributed by atoms with Gasteiger partial charge in [0.25, 0.3) is 0 Å². The molecule has 5 rings (SSSR count). The van der Waals surface area contributed by atoms with Gasteiger partial charge in [-0.15, -0.1) is 12.4 Å². The smallest absolute Gasteiger partial charge is 0.240 e. The largest absolute Gasteiger partial charge is 0.454 e. The highest BCUT2D eigenvalue weighted by atomic mass is 35.5. The van der Waals surface area contributed by atoms with Gasteiger partial charge in [0.05, 0.1) is 16.1 Å². The summed E-state index contributed by atoms with van der Waals surface area (Å²) in [6.07, 6.45) is 0.841. The number of aromatic nitrogens is 1. The molecule has 8 heteroatoms. The van der Waals surface area contributed by atoms with Crippen molar-refractivity contribution < 1.29 is 14.3 Å². The fraction of sp³-hybridized carbons (Fsp3) is 0.259. The zero-order valence-electron chi connectivity index (χ0n) is 19.7. The molecule has 0 aliphatic carbocycles. The van der Waals surface area contributed by atoms with Gasteiger partial charge in [0.2, 0.25) is 12.7 Å². The molecule has 0 fully saturated rings. The quantitative estimate of drug-likeness (QED) is 0.311. The summed E-state index contributed by atoms with van der Waals surface area (Å²) in [5, 5.41) is 0.694. The zero-order chi connectivity index (χ0) is 23.5. The Hall–Kier alpha value is -3.13. The fourth-order valence-electron chi connectivity index (χ4n) is 4.19. The van der Waals surface area contributed by atoms with E-state index in [0.717, 1.165) is 40.1 Å². The second kappa shape index (κ2) is 11.1. The van der Waals surface area contributed by atoms with Crippen molar-refractivity contribution in [2.24, 2.45) is 0 Å². The standard InChI is InChI=1S/C27H27N3O3S.ClH/c1-29(2)14-9-15-30(27-28-21-16-22-23(33-18-32-22)17-24(21)34-27)26(31)25(19-10-5-3-6-11-19)20-12-7-4-8-13-20;/h3-8,10-13,16-17,25H,9,14-15,18H2,1-2H3;1H. The molecule has 0 unspecified atom stereocenters. The first-order valence-electron chi connectivity index (χ1n) is 11.4. The SMILES string of the molecule is CN(C)CCCN(C(=O)C(c1ccccc1)c1ccccc1)c1nc2cc3c(cc2s1)OCO3.Cl. The average Bonchev–Trinajstić information content (AvgIpc) is 3.47. The van der Waals surface area contributed by atoms with Crippen molar-refractivity contribution in [2.45, 2.75) is 12.3 Å². The van der Waals surface area contributed by atoms with Gasteiger partial charge in [-0.05, 0) is 38.2 Å². The summed E-state index contributed by atoms with van der Waals surface area (Å²) in [5.74, 6) is 1.03. The minimum absolute atomic E-state index is 0. The van der Waals surface area contributed by atoms with Crippen LogP contribution in [0.5, 0.6) is 11.5 Å². The van der Waals surface area contributed by atoms with Gasteiger partial charge in [-0.1, -0.05) is 72.0 Å². The number of amides is 1. The number of halogens is 1. The van der Waals surface area contributed by atoms with Gasteiger partial charge in [0.1, 0.15) is 0 Å². The van der Waals surface area contributed by atoms with Crippen LogP contribution in [0, 0.1) is 0 Å². The van der Waals surface area contributed by atoms with Gasteiger partial charge in [0, 0.05) is 18.7 Å². The van der Waals surface area contributed by atoms with Crippen molar-refractivity contribution in [3.8, 4) is 11.5 Å². The molecule has 1 aliphatic rings. The molecular formula is C27H28ClN3O3S. The number of hydrogen-bond donors (Lipinski definition) is 0. The topological polar surface area (TPSA) is 54.9 Å². The number of ether oxygens (including phenoxy) is 2. The molecule has 6 nitrogen and oxygen atoms in total. The molecule has 0 spiro atoms. The molecule has 0 N–H and O–H groups in total. The van der Waals surface area contributed by atoms with E-state index < -0.39 is 5.92 Å². The van der Waals surface area contributed by atoms with E-state index in [1.54, 1.807) is 0 Å². The summed E-state index contributed by atoms with van der Waals surface area (Å²) in [6.45, 7) is 1.69. The third-order valence-corrected chi connectivity index (χ3v) is 6.91. The number of anilines is 1. The van der Waals surface area contributed by atoms with Crippen molar-refractivity contribution in [1.82, 2.24) is 9.88 Å². The lowest BCUT2D eigenvalue weighted by Gasteiger charge is -2.26. The van der Waals surface area contributed by atoms with Gasteiger partial charge in [-0.2, -0.15) is 0 Å². The number of nitrogens with zero attached hydrogens (tertiary/aromatic N) is 3. The molecule has 0 bridgehead atoms. The van der Waals surface area contributed by atoms with Gasteiger partial charge >= 0.3 is 0 Å². The second-order valence-electron chi connectivity index (χ2n) is 8.57. The van der Waals surface area contributed by atoms with Crippen LogP contribution in [0.25, 0.3) is 10.2 Å². The minimum atomic E-state index is -0.412. The molecule has 2 heterocycles. The predicted molar refractivity (Wildman–Crippen MR) is 143 cm³/mol. The first-order chi connectivity index (χ1) is 16.6. The van der Waals surface area contributed by atoms with E-state index in [1.807, 2.05) is 91.8 Å². The van der Waals surface area contributed by atoms with Crippen LogP contribution in [0.15, 0.2) is 72.8 Å². The predicted octanol–water partition coefficient (Wildman–Crippen LogP) is 5.56. The molecular weight excluding hydrogens is 482 g/mol. The first kappa shape index (κ1) is 25.0. The summed E-state index contributed by atoms with van der Waals surface area (Å²) < 4.78 is 12.0. The number of fused-ring (bicyclic) bond motifs is 2. The number of benzene rings is 3. The van der Waals surface area contributed by atoms with Crippen LogP contribution in [-0.4, -0.2) is 49.8 Å². The number of carbonyl (C=O) groups excluding carboxylic acids is 1. The van der Waals surface area contributed by atoms with E-state index in [-0.39, 0.29) is 25.1 Å². The van der Waals surface area contributed by atoms with Crippen LogP contribution in [0.4, 0.5) is 5.13 Å². The van der Waals surface area contributed by atoms with Gasteiger partial charge in [0.15, 0.2) is 16.6 Å². The Balaban J connectivity index is 0.00000289. The first-order valence-corrected chi connectivity index (χ1v) is 12.2. The summed E-state index contributed by atoms with van der Waals surface area (Å²) in [6, 6.07) is 23.8. The normalized spacial score (nSPS) is 12.2. The molecule has 3 aromatic carbocycles. The summed E-state index contributed by atoms with van der Waals surface area (Å²) in [7, 11) is 4.09. The van der Waals surface area contributed by atoms with Crippen LogP contribution in [0.1, 0.15) is 23.5 Å². The van der Waals surface area contributed by atoms with Crippen molar-refractivity contribution in [3.63, 3.8) is 0 Å². The highest BCUT2D eigenvalue weighted by molar-refractivity contribution is 7.22. The Bertz CT molecular complexity index is 1200. The maximum atomic E-state index is 14.2. The van der Waals surface area contributed by atoms with Gasteiger partial charge in [-0.3, -0.25) is 9.69 Å². The lowest BCUT2D eigenvalue weighted by molar-refractivity contribution is -0.119. The fourth-order valence-corrected chi connectivity index (χ4v) is 5.20. The molecule has 0 saturated carbocycles. The van der Waals surface area contributed by atoms with E-state index in [9.17, 15) is 4.79 Å². The van der Waals surface area contributed by atoms with Crippen molar-refractivity contribution in [3.05, 3.63) is 83.9 Å². The van der Waals surface area contributed by atoms with E-state index in [4.69, 9.17) is 14.5 Å². The molecule has 0 saturated heterocycles.